The van der Waals surface area contributed by atoms with Gasteiger partial charge >= 0.3 is 0 Å². The van der Waals surface area contributed by atoms with Crippen LogP contribution >= 0.6 is 0 Å². The first-order valence-electron chi connectivity index (χ1n) is 7.85. The molecule has 1 heterocycles. The molecule has 1 aliphatic heterocycles. The highest BCUT2D eigenvalue weighted by Gasteiger charge is 2.16. The lowest BCUT2D eigenvalue weighted by Crippen LogP contribution is -2.40. The number of hydrogen-bond donors (Lipinski definition) is 0. The predicted octanol–water partition coefficient (Wildman–Crippen LogP) is 1.50. The van der Waals surface area contributed by atoms with Crippen LogP contribution in [-0.4, -0.2) is 50.3 Å². The van der Waals surface area contributed by atoms with Gasteiger partial charge in [0.25, 0.3) is 0 Å². The van der Waals surface area contributed by atoms with Gasteiger partial charge in [-0.3, -0.25) is 4.79 Å². The number of morpholine rings is 1. The van der Waals surface area contributed by atoms with E-state index in [2.05, 4.69) is 11.8 Å². The summed E-state index contributed by atoms with van der Waals surface area (Å²) in [6.07, 6.45) is 11.5. The second kappa shape index (κ2) is 9.50. The van der Waals surface area contributed by atoms with E-state index >= 15 is 0 Å². The third-order valence-electron chi connectivity index (χ3n) is 3.62. The lowest BCUT2D eigenvalue weighted by Gasteiger charge is -2.26. The van der Waals surface area contributed by atoms with Crippen LogP contribution in [0.15, 0.2) is 18.2 Å². The Labute approximate surface area is 142 Å². The molecule has 0 spiro atoms. The number of carbonyl (C=O) groups excluding carboxylic acids is 1. The fourth-order valence-electron chi connectivity index (χ4n) is 2.40. The molecule has 126 valence electrons. The van der Waals surface area contributed by atoms with Gasteiger partial charge in [-0.1, -0.05) is 17.9 Å². The monoisotopic (exact) mass is 327 g/mol. The summed E-state index contributed by atoms with van der Waals surface area (Å²) in [6.45, 7) is 2.83. The highest BCUT2D eigenvalue weighted by atomic mass is 16.5. The van der Waals surface area contributed by atoms with Gasteiger partial charge in [-0.15, -0.1) is 12.8 Å². The SMILES string of the molecule is C#CCOc1ccc(CCC(=O)N2CCOCC2)cc1OCC#C. The molecular formula is C19H21NO4. The molecular weight excluding hydrogens is 306 g/mol. The lowest BCUT2D eigenvalue weighted by atomic mass is 10.1. The normalized spacial score (nSPS) is 13.7. The summed E-state index contributed by atoms with van der Waals surface area (Å²) in [6, 6.07) is 5.54. The predicted molar refractivity (Wildman–Crippen MR) is 90.8 cm³/mol. The van der Waals surface area contributed by atoms with Crippen LogP contribution in [0.2, 0.25) is 0 Å². The molecule has 5 heteroatoms. The van der Waals surface area contributed by atoms with E-state index in [4.69, 9.17) is 27.1 Å². The molecule has 1 fully saturated rings. The highest BCUT2D eigenvalue weighted by molar-refractivity contribution is 5.76. The maximum atomic E-state index is 12.2. The Balaban J connectivity index is 1.97. The van der Waals surface area contributed by atoms with Crippen molar-refractivity contribution in [3.8, 4) is 36.2 Å². The van der Waals surface area contributed by atoms with Gasteiger partial charge in [-0.2, -0.15) is 0 Å². The van der Waals surface area contributed by atoms with Crippen molar-refractivity contribution in [2.45, 2.75) is 12.8 Å². The van der Waals surface area contributed by atoms with Gasteiger partial charge in [0.2, 0.25) is 5.91 Å². The molecule has 5 nitrogen and oxygen atoms in total. The van der Waals surface area contributed by atoms with Gasteiger partial charge in [0.15, 0.2) is 11.5 Å². The minimum atomic E-state index is 0.136. The van der Waals surface area contributed by atoms with Crippen LogP contribution in [-0.2, 0) is 16.0 Å². The Kier molecular flexibility index (Phi) is 7.01. The van der Waals surface area contributed by atoms with Crippen LogP contribution in [0.1, 0.15) is 12.0 Å². The second-order valence-corrected chi connectivity index (χ2v) is 5.26. The number of benzene rings is 1. The lowest BCUT2D eigenvalue weighted by molar-refractivity contribution is -0.135. The van der Waals surface area contributed by atoms with Crippen molar-refractivity contribution < 1.29 is 19.0 Å². The molecule has 0 saturated carbocycles. The van der Waals surface area contributed by atoms with Gasteiger partial charge < -0.3 is 19.1 Å². The first-order valence-corrected chi connectivity index (χ1v) is 7.85. The maximum absolute atomic E-state index is 12.2. The van der Waals surface area contributed by atoms with Crippen molar-refractivity contribution in [3.63, 3.8) is 0 Å². The van der Waals surface area contributed by atoms with E-state index in [0.717, 1.165) is 5.56 Å². The molecule has 0 bridgehead atoms. The molecule has 0 unspecified atom stereocenters. The van der Waals surface area contributed by atoms with Crippen molar-refractivity contribution in [3.05, 3.63) is 23.8 Å². The van der Waals surface area contributed by atoms with Crippen LogP contribution in [0.25, 0.3) is 0 Å². The van der Waals surface area contributed by atoms with Crippen molar-refractivity contribution in [2.24, 2.45) is 0 Å². The van der Waals surface area contributed by atoms with E-state index in [-0.39, 0.29) is 19.1 Å². The largest absolute Gasteiger partial charge is 0.477 e. The van der Waals surface area contributed by atoms with E-state index < -0.39 is 0 Å². The number of amides is 1. The Morgan fingerprint density at radius 2 is 1.79 bits per heavy atom. The molecule has 24 heavy (non-hydrogen) atoms. The Bertz CT molecular complexity index is 636. The minimum absolute atomic E-state index is 0.136. The third kappa shape index (κ3) is 5.22. The molecule has 0 aromatic heterocycles. The van der Waals surface area contributed by atoms with Crippen molar-refractivity contribution in [1.82, 2.24) is 4.90 Å². The summed E-state index contributed by atoms with van der Waals surface area (Å²) in [5.74, 6) is 6.06. The van der Waals surface area contributed by atoms with Crippen LogP contribution < -0.4 is 9.47 Å². The zero-order valence-electron chi connectivity index (χ0n) is 13.6. The quantitative estimate of drug-likeness (QED) is 0.712. The first kappa shape index (κ1) is 17.7. The average molecular weight is 327 g/mol. The summed E-state index contributed by atoms with van der Waals surface area (Å²) in [7, 11) is 0. The summed E-state index contributed by atoms with van der Waals surface area (Å²) < 4.78 is 16.2. The molecule has 0 radical (unpaired) electrons. The van der Waals surface area contributed by atoms with Gasteiger partial charge in [0, 0.05) is 19.5 Å². The summed E-state index contributed by atoms with van der Waals surface area (Å²) in [5.41, 5.74) is 0.983. The second-order valence-electron chi connectivity index (χ2n) is 5.26. The van der Waals surface area contributed by atoms with Crippen LogP contribution in [0.3, 0.4) is 0 Å². The smallest absolute Gasteiger partial charge is 0.223 e. The van der Waals surface area contributed by atoms with Crippen LogP contribution in [0.4, 0.5) is 0 Å². The fourth-order valence-corrected chi connectivity index (χ4v) is 2.40. The number of nitrogens with zero attached hydrogens (tertiary/aromatic N) is 1. The zero-order valence-corrected chi connectivity index (χ0v) is 13.6. The number of rotatable bonds is 7. The molecule has 2 rings (SSSR count). The Morgan fingerprint density at radius 1 is 1.12 bits per heavy atom. The van der Waals surface area contributed by atoms with Crippen molar-refractivity contribution >= 4 is 5.91 Å². The van der Waals surface area contributed by atoms with E-state index in [1.165, 1.54) is 0 Å². The van der Waals surface area contributed by atoms with E-state index in [1.807, 2.05) is 17.0 Å². The molecule has 1 aromatic rings. The molecule has 1 amide bonds. The molecule has 1 aliphatic rings. The number of terminal acetylenes is 2. The van der Waals surface area contributed by atoms with E-state index in [1.54, 1.807) is 6.07 Å². The summed E-state index contributed by atoms with van der Waals surface area (Å²) >= 11 is 0. The van der Waals surface area contributed by atoms with E-state index in [0.29, 0.717) is 50.6 Å². The number of hydrogen-bond acceptors (Lipinski definition) is 4. The minimum Gasteiger partial charge on any atom is -0.477 e. The van der Waals surface area contributed by atoms with E-state index in [9.17, 15) is 4.79 Å². The number of carbonyl (C=O) groups is 1. The Morgan fingerprint density at radius 3 is 2.46 bits per heavy atom. The van der Waals surface area contributed by atoms with Crippen molar-refractivity contribution in [1.29, 1.82) is 0 Å². The molecule has 0 N–H and O–H groups in total. The summed E-state index contributed by atoms with van der Waals surface area (Å²) in [5, 5.41) is 0. The topological polar surface area (TPSA) is 48.0 Å². The third-order valence-corrected chi connectivity index (χ3v) is 3.62. The van der Waals surface area contributed by atoms with Crippen molar-refractivity contribution in [2.75, 3.05) is 39.5 Å². The van der Waals surface area contributed by atoms with Gasteiger partial charge in [0.05, 0.1) is 13.2 Å². The van der Waals surface area contributed by atoms with Gasteiger partial charge in [-0.25, -0.2) is 0 Å². The van der Waals surface area contributed by atoms with Crippen LogP contribution in [0, 0.1) is 24.7 Å². The number of aryl methyl sites for hydroxylation is 1. The fraction of sp³-hybridized carbons (Fsp3) is 0.421. The average Bonchev–Trinajstić information content (AvgIpc) is 2.64. The van der Waals surface area contributed by atoms with Gasteiger partial charge in [0.1, 0.15) is 13.2 Å². The Hall–Kier alpha value is -2.63. The number of ether oxygens (including phenoxy) is 3. The highest BCUT2D eigenvalue weighted by Crippen LogP contribution is 2.29. The molecule has 1 saturated heterocycles. The standard InChI is InChI=1S/C19H21NO4/c1-3-11-23-17-7-5-16(15-18(17)24-12-4-2)6-8-19(21)20-9-13-22-14-10-20/h1-2,5,7,15H,6,8-14H2. The molecule has 0 aliphatic carbocycles. The summed E-state index contributed by atoms with van der Waals surface area (Å²) in [4.78, 5) is 14.0. The maximum Gasteiger partial charge on any atom is 0.223 e. The zero-order chi connectivity index (χ0) is 17.2. The van der Waals surface area contributed by atoms with Crippen LogP contribution in [0.5, 0.6) is 11.5 Å². The molecule has 1 aromatic carbocycles. The molecule has 0 atom stereocenters. The first-order chi connectivity index (χ1) is 11.7. The van der Waals surface area contributed by atoms with Gasteiger partial charge in [-0.05, 0) is 24.1 Å².